The molecular weight excluding hydrogens is 582 g/mol. The number of ether oxygens (including phenoxy) is 2. The number of thioether (sulfide) groups is 1. The zero-order valence-electron chi connectivity index (χ0n) is 27.0. The zero-order valence-corrected chi connectivity index (χ0v) is 27.9. The molecule has 5 rings (SSSR count). The van der Waals surface area contributed by atoms with Crippen LogP contribution in [0.5, 0.6) is 11.6 Å². The number of pyridine rings is 2. The van der Waals surface area contributed by atoms with E-state index >= 15 is 0 Å². The third-order valence-electron chi connectivity index (χ3n) is 7.75. The van der Waals surface area contributed by atoms with E-state index in [4.69, 9.17) is 9.47 Å². The molecule has 0 bridgehead atoms. The highest BCUT2D eigenvalue weighted by Gasteiger charge is 2.33. The molecular formula is C37H41N3O4S. The van der Waals surface area contributed by atoms with Gasteiger partial charge in [-0.2, -0.15) is 0 Å². The van der Waals surface area contributed by atoms with Gasteiger partial charge in [0.05, 0.1) is 18.2 Å². The normalized spacial score (nSPS) is 12.0. The first kappa shape index (κ1) is 32.1. The van der Waals surface area contributed by atoms with Crippen LogP contribution in [0.1, 0.15) is 57.1 Å². The molecule has 0 fully saturated rings. The largest absolute Gasteiger partial charge is 0.487 e. The summed E-state index contributed by atoms with van der Waals surface area (Å²) in [5, 5.41) is 11.2. The number of benzene rings is 2. The van der Waals surface area contributed by atoms with Crippen LogP contribution in [0.4, 0.5) is 0 Å². The van der Waals surface area contributed by atoms with Crippen molar-refractivity contribution < 1.29 is 19.4 Å². The first-order chi connectivity index (χ1) is 21.3. The molecule has 0 aliphatic heterocycles. The highest BCUT2D eigenvalue weighted by Crippen LogP contribution is 2.44. The molecule has 0 spiro atoms. The van der Waals surface area contributed by atoms with Gasteiger partial charge in [0.1, 0.15) is 12.4 Å². The van der Waals surface area contributed by atoms with Crippen LogP contribution in [0.3, 0.4) is 0 Å². The van der Waals surface area contributed by atoms with Crippen molar-refractivity contribution in [2.45, 2.75) is 70.8 Å². The number of nitrogens with zero attached hydrogens (tertiary/aromatic N) is 3. The van der Waals surface area contributed by atoms with Crippen molar-refractivity contribution in [3.05, 3.63) is 102 Å². The summed E-state index contributed by atoms with van der Waals surface area (Å²) in [7, 11) is 1.61. The van der Waals surface area contributed by atoms with Crippen LogP contribution in [0.2, 0.25) is 0 Å². The highest BCUT2D eigenvalue weighted by molar-refractivity contribution is 8.00. The standard InChI is InChI=1S/C37H41N3O4S/c1-24-9-8-18-38-30(24)23-44-28-15-16-31-29(19-28)34(45-36(2,3)4)32(20-37(5,6)35(41)42)40(31)22-25-10-12-26(13-11-25)27-14-17-33(43-7)39-21-27/h8-19,21H,20,22-23H2,1-7H3,(H,41,42). The average molecular weight is 624 g/mol. The number of hydrogen-bond acceptors (Lipinski definition) is 6. The fourth-order valence-electron chi connectivity index (χ4n) is 5.19. The van der Waals surface area contributed by atoms with E-state index in [2.05, 4.69) is 71.7 Å². The van der Waals surface area contributed by atoms with Gasteiger partial charge in [-0.1, -0.05) is 51.1 Å². The molecule has 0 amide bonds. The number of aromatic nitrogens is 3. The molecule has 0 aliphatic rings. The Kier molecular flexibility index (Phi) is 9.26. The Morgan fingerprint density at radius 1 is 0.956 bits per heavy atom. The fourth-order valence-corrected chi connectivity index (χ4v) is 6.38. The number of carboxylic acid groups (broad SMARTS) is 1. The topological polar surface area (TPSA) is 86.5 Å². The summed E-state index contributed by atoms with van der Waals surface area (Å²) in [6, 6.07) is 22.4. The summed E-state index contributed by atoms with van der Waals surface area (Å²) in [6.07, 6.45) is 3.97. The minimum Gasteiger partial charge on any atom is -0.487 e. The number of methoxy groups -OCH3 is 1. The lowest BCUT2D eigenvalue weighted by molar-refractivity contribution is -0.146. The Morgan fingerprint density at radius 2 is 1.69 bits per heavy atom. The van der Waals surface area contributed by atoms with Gasteiger partial charge in [0, 0.05) is 63.2 Å². The van der Waals surface area contributed by atoms with Crippen molar-refractivity contribution in [2.75, 3.05) is 7.11 Å². The lowest BCUT2D eigenvalue weighted by Crippen LogP contribution is -2.28. The molecule has 7 nitrogen and oxygen atoms in total. The highest BCUT2D eigenvalue weighted by atomic mass is 32.2. The van der Waals surface area contributed by atoms with Crippen LogP contribution in [-0.4, -0.2) is 37.5 Å². The molecule has 3 aromatic heterocycles. The summed E-state index contributed by atoms with van der Waals surface area (Å²) in [4.78, 5) is 22.3. The molecule has 0 aliphatic carbocycles. The van der Waals surface area contributed by atoms with Crippen molar-refractivity contribution in [1.82, 2.24) is 14.5 Å². The SMILES string of the molecule is COc1ccc(-c2ccc(Cn3c(CC(C)(C)C(=O)O)c(SC(C)(C)C)c4cc(OCc5ncccc5C)ccc43)cc2)cn1. The maximum absolute atomic E-state index is 12.4. The molecule has 8 heteroatoms. The molecule has 5 aromatic rings. The Hall–Kier alpha value is -4.30. The molecule has 234 valence electrons. The predicted molar refractivity (Wildman–Crippen MR) is 181 cm³/mol. The molecule has 0 saturated carbocycles. The lowest BCUT2D eigenvalue weighted by atomic mass is 9.88. The molecule has 2 aromatic carbocycles. The molecule has 45 heavy (non-hydrogen) atoms. The Labute approximate surface area is 269 Å². The van der Waals surface area contributed by atoms with Gasteiger partial charge < -0.3 is 19.1 Å². The lowest BCUT2D eigenvalue weighted by Gasteiger charge is -2.24. The van der Waals surface area contributed by atoms with Crippen molar-refractivity contribution in [3.63, 3.8) is 0 Å². The molecule has 0 saturated heterocycles. The van der Waals surface area contributed by atoms with Crippen LogP contribution in [-0.2, 0) is 24.4 Å². The fraction of sp³-hybridized carbons (Fsp3) is 0.324. The van der Waals surface area contributed by atoms with Gasteiger partial charge in [-0.05, 0) is 67.8 Å². The minimum absolute atomic E-state index is 0.1000. The van der Waals surface area contributed by atoms with E-state index in [1.54, 1.807) is 38.9 Å². The van der Waals surface area contributed by atoms with Crippen LogP contribution >= 0.6 is 11.8 Å². The van der Waals surface area contributed by atoms with Gasteiger partial charge in [0.2, 0.25) is 5.88 Å². The Balaban J connectivity index is 1.57. The zero-order chi connectivity index (χ0) is 32.4. The average Bonchev–Trinajstić information content (AvgIpc) is 3.26. The van der Waals surface area contributed by atoms with E-state index in [9.17, 15) is 9.90 Å². The quantitative estimate of drug-likeness (QED) is 0.148. The van der Waals surface area contributed by atoms with Crippen LogP contribution in [0.25, 0.3) is 22.0 Å². The third kappa shape index (κ3) is 7.51. The van der Waals surface area contributed by atoms with Crippen molar-refractivity contribution >= 4 is 28.6 Å². The molecule has 0 atom stereocenters. The van der Waals surface area contributed by atoms with Crippen molar-refractivity contribution in [2.24, 2.45) is 5.41 Å². The van der Waals surface area contributed by atoms with E-state index < -0.39 is 11.4 Å². The molecule has 1 N–H and O–H groups in total. The summed E-state index contributed by atoms with van der Waals surface area (Å²) in [5.74, 6) is 0.510. The summed E-state index contributed by atoms with van der Waals surface area (Å²) >= 11 is 1.77. The van der Waals surface area contributed by atoms with Gasteiger partial charge in [0.15, 0.2) is 0 Å². The predicted octanol–water partition coefficient (Wildman–Crippen LogP) is 8.59. The van der Waals surface area contributed by atoms with Gasteiger partial charge in [-0.25, -0.2) is 4.98 Å². The first-order valence-electron chi connectivity index (χ1n) is 15.0. The maximum atomic E-state index is 12.4. The van der Waals surface area contributed by atoms with E-state index in [1.807, 2.05) is 43.5 Å². The van der Waals surface area contributed by atoms with Gasteiger partial charge in [-0.3, -0.25) is 9.78 Å². The van der Waals surface area contributed by atoms with Crippen molar-refractivity contribution in [3.8, 4) is 22.8 Å². The number of aliphatic carboxylic acids is 1. The maximum Gasteiger partial charge on any atom is 0.309 e. The number of aryl methyl sites for hydroxylation is 1. The van der Waals surface area contributed by atoms with Crippen LogP contribution in [0.15, 0.2) is 84.0 Å². The molecule has 0 unspecified atom stereocenters. The van der Waals surface area contributed by atoms with E-state index in [0.717, 1.165) is 55.2 Å². The van der Waals surface area contributed by atoms with Crippen molar-refractivity contribution in [1.29, 1.82) is 0 Å². The first-order valence-corrected chi connectivity index (χ1v) is 15.9. The van der Waals surface area contributed by atoms with E-state index in [0.29, 0.717) is 25.5 Å². The van der Waals surface area contributed by atoms with Crippen LogP contribution in [0, 0.1) is 12.3 Å². The second-order valence-electron chi connectivity index (χ2n) is 13.0. The summed E-state index contributed by atoms with van der Waals surface area (Å²) < 4.78 is 13.6. The van der Waals surface area contributed by atoms with Gasteiger partial charge in [0.25, 0.3) is 0 Å². The van der Waals surface area contributed by atoms with E-state index in [1.165, 1.54) is 0 Å². The third-order valence-corrected chi connectivity index (χ3v) is 9.03. The second-order valence-corrected chi connectivity index (χ2v) is 14.8. The summed E-state index contributed by atoms with van der Waals surface area (Å²) in [6.45, 7) is 13.1. The second kappa shape index (κ2) is 13.0. The van der Waals surface area contributed by atoms with E-state index in [-0.39, 0.29) is 4.75 Å². The number of rotatable bonds is 11. The number of carboxylic acids is 1. The monoisotopic (exact) mass is 623 g/mol. The summed E-state index contributed by atoms with van der Waals surface area (Å²) in [5.41, 5.74) is 6.27. The smallest absolute Gasteiger partial charge is 0.309 e. The van der Waals surface area contributed by atoms with Gasteiger partial charge in [-0.15, -0.1) is 11.8 Å². The minimum atomic E-state index is -0.958. The van der Waals surface area contributed by atoms with Crippen LogP contribution < -0.4 is 9.47 Å². The Bertz CT molecular complexity index is 1800. The number of hydrogen-bond donors (Lipinski definition) is 1. The molecule has 3 heterocycles. The van der Waals surface area contributed by atoms with Gasteiger partial charge >= 0.3 is 5.97 Å². The number of carbonyl (C=O) groups is 1. The Morgan fingerprint density at radius 3 is 2.31 bits per heavy atom. The molecule has 0 radical (unpaired) electrons. The number of fused-ring (bicyclic) bond motifs is 1.